The van der Waals surface area contributed by atoms with Gasteiger partial charge in [-0.05, 0) is 61.7 Å². The van der Waals surface area contributed by atoms with Gasteiger partial charge < -0.3 is 34.0 Å². The fourth-order valence-corrected chi connectivity index (χ4v) is 10.6. The number of likely N-dealkylation sites (N-methyl/N-ethyl adjacent to an activating group) is 2. The lowest BCUT2D eigenvalue weighted by Crippen LogP contribution is -2.54. The predicted octanol–water partition coefficient (Wildman–Crippen LogP) is 6.40. The number of rotatable bonds is 29. The van der Waals surface area contributed by atoms with Crippen molar-refractivity contribution in [2.24, 2.45) is 35.5 Å². The minimum atomic E-state index is -1.05. The van der Waals surface area contributed by atoms with Gasteiger partial charge in [0.2, 0.25) is 23.6 Å². The monoisotopic (exact) mass is 973 g/mol. The summed E-state index contributed by atoms with van der Waals surface area (Å²) in [5.74, 6) is -5.50. The van der Waals surface area contributed by atoms with Crippen molar-refractivity contribution in [2.45, 2.75) is 148 Å². The van der Waals surface area contributed by atoms with Crippen molar-refractivity contribution in [2.75, 3.05) is 54.3 Å². The molecule has 68 heavy (non-hydrogen) atoms. The number of carboxylic acid groups (broad SMARTS) is 1. The minimum Gasteiger partial charge on any atom is -0.481 e. The highest BCUT2D eigenvalue weighted by Crippen LogP contribution is 2.32. The van der Waals surface area contributed by atoms with Crippen molar-refractivity contribution in [1.82, 2.24) is 19.6 Å². The number of carboxylic acids is 1. The number of hydrogen-bond donors (Lipinski definition) is 1. The molecule has 1 aromatic carbocycles. The molecule has 0 saturated carbocycles. The maximum absolute atomic E-state index is 14.6. The van der Waals surface area contributed by atoms with Crippen LogP contribution in [0, 0.1) is 35.5 Å². The second-order valence-corrected chi connectivity index (χ2v) is 20.5. The summed E-state index contributed by atoms with van der Waals surface area (Å²) in [6, 6.07) is 7.32. The van der Waals surface area contributed by atoms with Crippen LogP contribution in [0.5, 0.6) is 0 Å². The fraction of sp³-hybridized carbons (Fsp3) is 0.725. The molecule has 10 atom stereocenters. The molecule has 1 N–H and O–H groups in total. The van der Waals surface area contributed by atoms with E-state index < -0.39 is 60.1 Å². The van der Waals surface area contributed by atoms with Gasteiger partial charge in [0.25, 0.3) is 0 Å². The van der Waals surface area contributed by atoms with Crippen LogP contribution in [0.1, 0.15) is 112 Å². The van der Waals surface area contributed by atoms with E-state index in [4.69, 9.17) is 14.2 Å². The molecular weight excluding hydrogens is 893 g/mol. The van der Waals surface area contributed by atoms with Crippen LogP contribution in [-0.4, -0.2) is 162 Å². The topological polar surface area (TPSA) is 197 Å². The van der Waals surface area contributed by atoms with E-state index in [0.717, 1.165) is 5.56 Å². The number of likely N-dealkylation sites (tertiary alicyclic amines) is 2. The number of Topliss-reactive ketones (excluding diaryl/α,β-unsaturated/α-hetero) is 2. The molecule has 2 aliphatic rings. The lowest BCUT2D eigenvalue weighted by atomic mass is 9.83. The Morgan fingerprint density at radius 2 is 1.53 bits per heavy atom. The van der Waals surface area contributed by atoms with Crippen molar-refractivity contribution < 1.29 is 57.7 Å². The standard InChI is InChI=1S/C51H80N4O12S/c1-13-33(6)46(41(65-10)29-43(58)54-24-19-22-38(54)47(66-11)34(7)39(56)27-36(50(62)63)26-35-20-15-14-16-21-35)52(8)48(60)37(31(2)3)28-40(57)45(32(4)5)53(9)51(64)67-25-18-17-23-55-44(59)30-42(68-12)49(55)61/h14-16,20-21,31-34,36-38,41-42,45-47H,13,17-19,22-30H2,1-12H3,(H,62,63)/t33-,34-,36+,37-,38-,41+,42?,45-,46-,47+/m0/s1. The number of ether oxygens (including phenoxy) is 3. The third kappa shape index (κ3) is 15.3. The number of methoxy groups -OCH3 is 2. The summed E-state index contributed by atoms with van der Waals surface area (Å²) in [5, 5.41) is 9.65. The number of carbonyl (C=O) groups is 8. The molecule has 3 rings (SSSR count). The molecule has 2 heterocycles. The summed E-state index contributed by atoms with van der Waals surface area (Å²) in [6.07, 6.45) is 2.58. The molecule has 0 bridgehead atoms. The third-order valence-electron chi connectivity index (χ3n) is 14.2. The first-order chi connectivity index (χ1) is 32.1. The zero-order valence-corrected chi connectivity index (χ0v) is 43.5. The van der Waals surface area contributed by atoms with E-state index in [1.54, 1.807) is 30.0 Å². The Balaban J connectivity index is 1.70. The summed E-state index contributed by atoms with van der Waals surface area (Å²) in [5.41, 5.74) is 0.825. The highest BCUT2D eigenvalue weighted by Gasteiger charge is 2.44. The second-order valence-electron chi connectivity index (χ2n) is 19.4. The molecule has 17 heteroatoms. The maximum atomic E-state index is 14.6. The van der Waals surface area contributed by atoms with Gasteiger partial charge in [-0.15, -0.1) is 0 Å². The Bertz CT molecular complexity index is 1860. The van der Waals surface area contributed by atoms with Gasteiger partial charge in [-0.25, -0.2) is 4.79 Å². The van der Waals surface area contributed by atoms with Crippen molar-refractivity contribution in [3.05, 3.63) is 35.9 Å². The summed E-state index contributed by atoms with van der Waals surface area (Å²) in [7, 11) is 6.21. The van der Waals surface area contributed by atoms with Crippen LogP contribution in [0.2, 0.25) is 0 Å². The van der Waals surface area contributed by atoms with E-state index in [2.05, 4.69) is 0 Å². The number of carbonyl (C=O) groups excluding carboxylic acids is 7. The predicted molar refractivity (Wildman–Crippen MR) is 261 cm³/mol. The Morgan fingerprint density at radius 3 is 2.07 bits per heavy atom. The van der Waals surface area contributed by atoms with Gasteiger partial charge >= 0.3 is 12.1 Å². The Kier molecular flexibility index (Phi) is 23.6. The Hall–Kier alpha value is -4.35. The van der Waals surface area contributed by atoms with Crippen molar-refractivity contribution >= 4 is 59.0 Å². The maximum Gasteiger partial charge on any atom is 0.410 e. The molecule has 0 aliphatic carbocycles. The van der Waals surface area contributed by atoms with Crippen LogP contribution < -0.4 is 0 Å². The van der Waals surface area contributed by atoms with Crippen LogP contribution in [0.15, 0.2) is 30.3 Å². The molecule has 1 aromatic rings. The number of ketones is 2. The fourth-order valence-electron chi connectivity index (χ4n) is 9.98. The zero-order chi connectivity index (χ0) is 51.0. The Labute approximate surface area is 408 Å². The molecule has 1 unspecified atom stereocenters. The first-order valence-corrected chi connectivity index (χ1v) is 25.6. The van der Waals surface area contributed by atoms with Crippen LogP contribution in [0.4, 0.5) is 4.79 Å². The normalized spacial score (nSPS) is 19.9. The quantitative estimate of drug-likeness (QED) is 0.0684. The minimum absolute atomic E-state index is 0.0388. The van der Waals surface area contributed by atoms with Gasteiger partial charge in [-0.1, -0.05) is 85.2 Å². The molecule has 5 amide bonds. The zero-order valence-electron chi connectivity index (χ0n) is 42.6. The van der Waals surface area contributed by atoms with Crippen molar-refractivity contribution in [1.29, 1.82) is 0 Å². The van der Waals surface area contributed by atoms with Gasteiger partial charge in [0.15, 0.2) is 5.78 Å². The molecule has 2 saturated heterocycles. The average molecular weight is 973 g/mol. The van der Waals surface area contributed by atoms with Crippen molar-refractivity contribution in [3.8, 4) is 0 Å². The van der Waals surface area contributed by atoms with E-state index in [1.165, 1.54) is 42.8 Å². The molecule has 0 spiro atoms. The first-order valence-electron chi connectivity index (χ1n) is 24.4. The van der Waals surface area contributed by atoms with E-state index >= 15 is 0 Å². The molecule has 0 aromatic heterocycles. The molecule has 0 radical (unpaired) electrons. The lowest BCUT2D eigenvalue weighted by Gasteiger charge is -2.41. The number of amides is 5. The Morgan fingerprint density at radius 1 is 0.868 bits per heavy atom. The third-order valence-corrected chi connectivity index (χ3v) is 15.1. The average Bonchev–Trinajstić information content (AvgIpc) is 3.90. The molecule has 2 fully saturated rings. The summed E-state index contributed by atoms with van der Waals surface area (Å²) >= 11 is 1.35. The molecule has 2 aliphatic heterocycles. The number of nitrogens with zero attached hydrogens (tertiary/aromatic N) is 4. The van der Waals surface area contributed by atoms with Gasteiger partial charge in [0.05, 0.1) is 54.5 Å². The van der Waals surface area contributed by atoms with Crippen LogP contribution in [0.3, 0.4) is 0 Å². The first kappa shape index (κ1) is 58.0. The number of hydrogen-bond acceptors (Lipinski definition) is 12. The highest BCUT2D eigenvalue weighted by atomic mass is 32.2. The number of benzene rings is 1. The highest BCUT2D eigenvalue weighted by molar-refractivity contribution is 8.00. The summed E-state index contributed by atoms with van der Waals surface area (Å²) in [6.45, 7) is 13.9. The van der Waals surface area contributed by atoms with Gasteiger partial charge in [0, 0.05) is 72.5 Å². The van der Waals surface area contributed by atoms with E-state index in [-0.39, 0.29) is 103 Å². The molecule has 16 nitrogen and oxygen atoms in total. The number of imide groups is 1. The van der Waals surface area contributed by atoms with E-state index in [0.29, 0.717) is 38.6 Å². The number of aliphatic carboxylic acids is 1. The van der Waals surface area contributed by atoms with E-state index in [1.807, 2.05) is 71.9 Å². The smallest absolute Gasteiger partial charge is 0.410 e. The van der Waals surface area contributed by atoms with Crippen LogP contribution in [-0.2, 0) is 54.2 Å². The van der Waals surface area contributed by atoms with Crippen LogP contribution >= 0.6 is 11.8 Å². The summed E-state index contributed by atoms with van der Waals surface area (Å²) < 4.78 is 17.5. The van der Waals surface area contributed by atoms with Gasteiger partial charge in [-0.3, -0.25) is 38.5 Å². The second kappa shape index (κ2) is 27.7. The molecule has 382 valence electrons. The number of unbranched alkanes of at least 4 members (excludes halogenated alkanes) is 1. The van der Waals surface area contributed by atoms with E-state index in [9.17, 15) is 43.5 Å². The summed E-state index contributed by atoms with van der Waals surface area (Å²) in [4.78, 5) is 113. The van der Waals surface area contributed by atoms with Crippen LogP contribution in [0.25, 0.3) is 0 Å². The molecular formula is C51H80N4O12S. The largest absolute Gasteiger partial charge is 0.481 e. The van der Waals surface area contributed by atoms with Gasteiger partial charge in [-0.2, -0.15) is 11.8 Å². The lowest BCUT2D eigenvalue weighted by molar-refractivity contribution is -0.149. The SMILES string of the molecule is CC[C@H](C)[C@@H]([C@@H](CC(=O)N1CCC[C@H]1[C@H](OC)[C@@H](C)C(=O)C[C@@H](Cc1ccccc1)C(=O)O)OC)N(C)C(=O)[C@@H](CC(=O)[C@H](C(C)C)N(C)C(=O)OCCCCN1C(=O)CC(SC)C1=O)C(C)C. The van der Waals surface area contributed by atoms with Crippen molar-refractivity contribution in [3.63, 3.8) is 0 Å². The van der Waals surface area contributed by atoms with Gasteiger partial charge in [0.1, 0.15) is 5.78 Å². The number of thioether (sulfide) groups is 1.